The minimum Gasteiger partial charge on any atom is -0.258 e. The molecule has 0 aromatic heterocycles. The van der Waals surface area contributed by atoms with E-state index in [1.807, 2.05) is 0 Å². The summed E-state index contributed by atoms with van der Waals surface area (Å²) in [6.07, 6.45) is 0. The quantitative estimate of drug-likeness (QED) is 0.447. The van der Waals surface area contributed by atoms with Crippen LogP contribution in [0.25, 0.3) is 0 Å². The van der Waals surface area contributed by atoms with Crippen molar-refractivity contribution in [1.29, 1.82) is 0 Å². The van der Waals surface area contributed by atoms with Crippen molar-refractivity contribution in [3.63, 3.8) is 0 Å². The number of benzene rings is 1. The number of nitrogens with zero attached hydrogens (tertiary/aromatic N) is 1. The van der Waals surface area contributed by atoms with E-state index in [0.29, 0.717) is 18.2 Å². The zero-order chi connectivity index (χ0) is 10.9. The molecule has 8 heteroatoms. The first-order valence-electron chi connectivity index (χ1n) is 3.20. The van der Waals surface area contributed by atoms with Crippen molar-refractivity contribution in [2.45, 2.75) is 4.90 Å². The minimum atomic E-state index is -4.15. The van der Waals surface area contributed by atoms with Gasteiger partial charge in [-0.3, -0.25) is 10.1 Å². The average Bonchev–Trinajstić information content (AvgIpc) is 2.01. The lowest BCUT2D eigenvalue weighted by molar-refractivity contribution is -0.385. The maximum absolute atomic E-state index is 12.7. The predicted molar refractivity (Wildman–Crippen MR) is 46.1 cm³/mol. The SMILES string of the molecule is O=[N+]([O-])c1cc(F)cc(S(=O)(=O)Cl)c1. The first-order valence-corrected chi connectivity index (χ1v) is 5.51. The lowest BCUT2D eigenvalue weighted by Gasteiger charge is -1.96. The lowest BCUT2D eigenvalue weighted by atomic mass is 10.3. The van der Waals surface area contributed by atoms with Gasteiger partial charge in [-0.1, -0.05) is 0 Å². The Bertz CT molecular complexity index is 487. The number of hydrogen-bond acceptors (Lipinski definition) is 4. The fourth-order valence-electron chi connectivity index (χ4n) is 0.794. The minimum absolute atomic E-state index is 0.603. The number of nitro benzene ring substituents is 1. The standard InChI is InChI=1S/C6H3ClFNO4S/c7-14(12,13)6-2-4(8)1-5(3-6)9(10)11/h1-3H. The molecule has 0 amide bonds. The molecule has 1 aromatic rings. The van der Waals surface area contributed by atoms with Crippen LogP contribution in [-0.4, -0.2) is 13.3 Å². The molecule has 0 N–H and O–H groups in total. The second-order valence-corrected chi connectivity index (χ2v) is 4.91. The van der Waals surface area contributed by atoms with Crippen molar-refractivity contribution in [3.8, 4) is 0 Å². The Kier molecular flexibility index (Phi) is 2.72. The summed E-state index contributed by atoms with van der Waals surface area (Å²) >= 11 is 0. The maximum Gasteiger partial charge on any atom is 0.273 e. The third-order valence-electron chi connectivity index (χ3n) is 1.35. The molecule has 14 heavy (non-hydrogen) atoms. The Morgan fingerprint density at radius 2 is 1.93 bits per heavy atom. The first kappa shape index (κ1) is 10.9. The van der Waals surface area contributed by atoms with Crippen molar-refractivity contribution < 1.29 is 17.7 Å². The summed E-state index contributed by atoms with van der Waals surface area (Å²) in [7, 11) is 0.737. The van der Waals surface area contributed by atoms with Gasteiger partial charge in [0.25, 0.3) is 14.7 Å². The summed E-state index contributed by atoms with van der Waals surface area (Å²) in [6.45, 7) is 0. The van der Waals surface area contributed by atoms with E-state index in [9.17, 15) is 22.9 Å². The van der Waals surface area contributed by atoms with Gasteiger partial charge in [0.05, 0.1) is 15.9 Å². The third kappa shape index (κ3) is 2.39. The molecule has 0 unspecified atom stereocenters. The Morgan fingerprint density at radius 1 is 1.36 bits per heavy atom. The molecule has 0 aliphatic rings. The van der Waals surface area contributed by atoms with Gasteiger partial charge in [-0.05, 0) is 6.07 Å². The number of rotatable bonds is 2. The first-order chi connectivity index (χ1) is 6.30. The van der Waals surface area contributed by atoms with Gasteiger partial charge in [0.15, 0.2) is 0 Å². The van der Waals surface area contributed by atoms with Crippen LogP contribution in [0.4, 0.5) is 10.1 Å². The molecule has 0 saturated carbocycles. The van der Waals surface area contributed by atoms with Gasteiger partial charge < -0.3 is 0 Å². The molecule has 0 spiro atoms. The van der Waals surface area contributed by atoms with Crippen LogP contribution >= 0.6 is 10.7 Å². The molecule has 1 rings (SSSR count). The molecule has 0 saturated heterocycles. The predicted octanol–water partition coefficient (Wildman–Crippen LogP) is 1.66. The highest BCUT2D eigenvalue weighted by Gasteiger charge is 2.17. The van der Waals surface area contributed by atoms with Gasteiger partial charge in [0.1, 0.15) is 5.82 Å². The molecule has 0 fully saturated rings. The molecule has 0 aliphatic heterocycles. The highest BCUT2D eigenvalue weighted by Crippen LogP contribution is 2.22. The molecule has 5 nitrogen and oxygen atoms in total. The van der Waals surface area contributed by atoms with E-state index in [0.717, 1.165) is 0 Å². The molecule has 0 heterocycles. The van der Waals surface area contributed by atoms with Crippen molar-refractivity contribution >= 4 is 25.4 Å². The van der Waals surface area contributed by atoms with E-state index in [1.165, 1.54) is 0 Å². The van der Waals surface area contributed by atoms with Crippen LogP contribution in [0.15, 0.2) is 23.1 Å². The van der Waals surface area contributed by atoms with Gasteiger partial charge in [-0.2, -0.15) is 0 Å². The molecular formula is C6H3ClFNO4S. The zero-order valence-corrected chi connectivity index (χ0v) is 8.05. The van der Waals surface area contributed by atoms with Crippen molar-refractivity contribution in [1.82, 2.24) is 0 Å². The Labute approximate surface area is 82.7 Å². The van der Waals surface area contributed by atoms with E-state index < -0.39 is 30.4 Å². The van der Waals surface area contributed by atoms with Crippen LogP contribution < -0.4 is 0 Å². The van der Waals surface area contributed by atoms with E-state index in [-0.39, 0.29) is 0 Å². The van der Waals surface area contributed by atoms with Crippen molar-refractivity contribution in [2.24, 2.45) is 0 Å². The van der Waals surface area contributed by atoms with Crippen LogP contribution in [0.2, 0.25) is 0 Å². The summed E-state index contributed by atoms with van der Waals surface area (Å²) in [4.78, 5) is 8.69. The van der Waals surface area contributed by atoms with E-state index in [1.54, 1.807) is 0 Å². The molecule has 1 aromatic carbocycles. The highest BCUT2D eigenvalue weighted by molar-refractivity contribution is 8.13. The van der Waals surface area contributed by atoms with Crippen molar-refractivity contribution in [3.05, 3.63) is 34.1 Å². The Balaban J connectivity index is 3.43. The summed E-state index contributed by atoms with van der Waals surface area (Å²) < 4.78 is 34.2. The van der Waals surface area contributed by atoms with Crippen LogP contribution in [0, 0.1) is 15.9 Å². The number of nitro groups is 1. The summed E-state index contributed by atoms with van der Waals surface area (Å²) in [5, 5.41) is 10.2. The van der Waals surface area contributed by atoms with Crippen LogP contribution in [0.3, 0.4) is 0 Å². The van der Waals surface area contributed by atoms with Crippen LogP contribution in [-0.2, 0) is 9.05 Å². The Hall–Kier alpha value is -1.21. The zero-order valence-electron chi connectivity index (χ0n) is 6.48. The number of non-ortho nitro benzene ring substituents is 1. The molecule has 0 radical (unpaired) electrons. The summed E-state index contributed by atoms with van der Waals surface area (Å²) in [5.74, 6) is -1.03. The molecule has 0 aliphatic carbocycles. The Morgan fingerprint density at radius 3 is 2.36 bits per heavy atom. The second kappa shape index (κ2) is 3.50. The van der Waals surface area contributed by atoms with Gasteiger partial charge >= 0.3 is 0 Å². The molecule has 76 valence electrons. The monoisotopic (exact) mass is 239 g/mol. The third-order valence-corrected chi connectivity index (χ3v) is 2.68. The topological polar surface area (TPSA) is 77.3 Å². The van der Waals surface area contributed by atoms with Crippen LogP contribution in [0.5, 0.6) is 0 Å². The van der Waals surface area contributed by atoms with E-state index in [4.69, 9.17) is 10.7 Å². The normalized spacial score (nSPS) is 11.3. The number of hydrogen-bond donors (Lipinski definition) is 0. The van der Waals surface area contributed by atoms with E-state index >= 15 is 0 Å². The fraction of sp³-hybridized carbons (Fsp3) is 0. The van der Waals surface area contributed by atoms with Gasteiger partial charge in [0.2, 0.25) is 0 Å². The van der Waals surface area contributed by atoms with Crippen molar-refractivity contribution in [2.75, 3.05) is 0 Å². The maximum atomic E-state index is 12.7. The molecule has 0 bridgehead atoms. The highest BCUT2D eigenvalue weighted by atomic mass is 35.7. The summed E-state index contributed by atoms with van der Waals surface area (Å²) in [5.41, 5.74) is -0.663. The van der Waals surface area contributed by atoms with Gasteiger partial charge in [-0.25, -0.2) is 12.8 Å². The molecule has 0 atom stereocenters. The summed E-state index contributed by atoms with van der Waals surface area (Å²) in [6, 6.07) is 1.90. The van der Waals surface area contributed by atoms with Gasteiger partial charge in [0, 0.05) is 16.7 Å². The largest absolute Gasteiger partial charge is 0.273 e. The second-order valence-electron chi connectivity index (χ2n) is 2.34. The smallest absolute Gasteiger partial charge is 0.258 e. The fourth-order valence-corrected chi connectivity index (χ4v) is 1.58. The average molecular weight is 240 g/mol. The van der Waals surface area contributed by atoms with E-state index in [2.05, 4.69) is 0 Å². The molecular weight excluding hydrogens is 237 g/mol. The number of halogens is 2. The van der Waals surface area contributed by atoms with Crippen LogP contribution in [0.1, 0.15) is 0 Å². The lowest BCUT2D eigenvalue weighted by Crippen LogP contribution is -1.95. The van der Waals surface area contributed by atoms with Gasteiger partial charge in [-0.15, -0.1) is 0 Å².